The first kappa shape index (κ1) is 13.0. The van der Waals surface area contributed by atoms with Gasteiger partial charge in [0.25, 0.3) is 0 Å². The van der Waals surface area contributed by atoms with E-state index in [0.717, 1.165) is 18.5 Å². The summed E-state index contributed by atoms with van der Waals surface area (Å²) in [4.78, 5) is 0. The number of unbranched alkanes of at least 4 members (excludes halogenated alkanes) is 6. The summed E-state index contributed by atoms with van der Waals surface area (Å²) in [5.74, 6) is 0.216. The molecule has 0 radical (unpaired) electrons. The SMILES string of the molecule is CCCCCCCCCc1c([NH-])on[n+]1C. The van der Waals surface area contributed by atoms with Gasteiger partial charge in [-0.1, -0.05) is 50.1 Å². The molecule has 1 aromatic heterocycles. The Morgan fingerprint density at radius 3 is 2.31 bits per heavy atom. The van der Waals surface area contributed by atoms with Crippen LogP contribution in [0.5, 0.6) is 0 Å². The maximum Gasteiger partial charge on any atom is 0.234 e. The molecule has 0 fully saturated rings. The van der Waals surface area contributed by atoms with Crippen LogP contribution < -0.4 is 4.68 Å². The van der Waals surface area contributed by atoms with Crippen molar-refractivity contribution in [2.45, 2.75) is 58.3 Å². The van der Waals surface area contributed by atoms with Crippen LogP contribution >= 0.6 is 0 Å². The second-order valence-electron chi connectivity index (χ2n) is 4.34. The van der Waals surface area contributed by atoms with Gasteiger partial charge in [0.1, 0.15) is 5.88 Å². The lowest BCUT2D eigenvalue weighted by Gasteiger charge is -2.00. The minimum Gasteiger partial charge on any atom is -0.660 e. The molecule has 0 aliphatic heterocycles. The lowest BCUT2D eigenvalue weighted by atomic mass is 10.1. The summed E-state index contributed by atoms with van der Waals surface area (Å²) in [5.41, 5.74) is 8.42. The van der Waals surface area contributed by atoms with Crippen LogP contribution in [0.1, 0.15) is 57.6 Å². The summed E-state index contributed by atoms with van der Waals surface area (Å²) in [7, 11) is 1.83. The van der Waals surface area contributed by atoms with Crippen molar-refractivity contribution in [2.75, 3.05) is 0 Å². The lowest BCUT2D eigenvalue weighted by Crippen LogP contribution is -2.33. The minimum absolute atomic E-state index is 0.216. The van der Waals surface area contributed by atoms with Gasteiger partial charge in [0.2, 0.25) is 5.69 Å². The van der Waals surface area contributed by atoms with Crippen LogP contribution in [0, 0.1) is 0 Å². The zero-order chi connectivity index (χ0) is 11.8. The maximum absolute atomic E-state index is 7.51. The van der Waals surface area contributed by atoms with E-state index in [1.54, 1.807) is 4.68 Å². The number of rotatable bonds is 8. The van der Waals surface area contributed by atoms with E-state index < -0.39 is 0 Å². The van der Waals surface area contributed by atoms with E-state index in [4.69, 9.17) is 10.3 Å². The summed E-state index contributed by atoms with van der Waals surface area (Å²) < 4.78 is 6.45. The van der Waals surface area contributed by atoms with Crippen molar-refractivity contribution in [1.29, 1.82) is 0 Å². The van der Waals surface area contributed by atoms with E-state index >= 15 is 0 Å². The van der Waals surface area contributed by atoms with Crippen molar-refractivity contribution in [1.82, 2.24) is 5.27 Å². The van der Waals surface area contributed by atoms with Gasteiger partial charge in [0.05, 0.1) is 0 Å². The molecule has 0 unspecified atom stereocenters. The highest BCUT2D eigenvalue weighted by Crippen LogP contribution is 2.15. The molecule has 0 spiro atoms. The highest BCUT2D eigenvalue weighted by atomic mass is 16.5. The highest BCUT2D eigenvalue weighted by Gasteiger charge is 2.12. The normalized spacial score (nSPS) is 10.9. The molecule has 1 rings (SSSR count). The molecule has 92 valence electrons. The van der Waals surface area contributed by atoms with Gasteiger partial charge in [-0.2, -0.15) is 0 Å². The van der Waals surface area contributed by atoms with Gasteiger partial charge in [0, 0.05) is 6.42 Å². The summed E-state index contributed by atoms with van der Waals surface area (Å²) in [5, 5.41) is 3.71. The molecule has 16 heavy (non-hydrogen) atoms. The molecular formula is C12H23N3O. The maximum atomic E-state index is 7.51. The van der Waals surface area contributed by atoms with Gasteiger partial charge in [-0.15, -0.1) is 0 Å². The minimum atomic E-state index is 0.216. The van der Waals surface area contributed by atoms with Crippen LogP contribution in [-0.2, 0) is 13.5 Å². The Labute approximate surface area is 97.8 Å². The van der Waals surface area contributed by atoms with Gasteiger partial charge in [-0.05, 0) is 6.42 Å². The molecule has 0 saturated carbocycles. The lowest BCUT2D eigenvalue weighted by molar-refractivity contribution is -0.746. The molecule has 1 N–H and O–H groups in total. The third-order valence-corrected chi connectivity index (χ3v) is 2.92. The van der Waals surface area contributed by atoms with Crippen molar-refractivity contribution < 1.29 is 9.20 Å². The van der Waals surface area contributed by atoms with Crippen molar-refractivity contribution >= 4 is 5.88 Å². The van der Waals surface area contributed by atoms with Crippen LogP contribution in [0.3, 0.4) is 0 Å². The average Bonchev–Trinajstić information content (AvgIpc) is 2.59. The number of hydrogen-bond donors (Lipinski definition) is 0. The van der Waals surface area contributed by atoms with Crippen molar-refractivity contribution in [3.63, 3.8) is 0 Å². The van der Waals surface area contributed by atoms with E-state index in [-0.39, 0.29) is 5.88 Å². The standard InChI is InChI=1S/C12H23N3O/c1-3-4-5-6-7-8-9-10-11-12(13)16-14-15(11)2/h13H,3-10H2,1-2H3. The Hall–Kier alpha value is -1.06. The van der Waals surface area contributed by atoms with Crippen LogP contribution in [-0.4, -0.2) is 5.27 Å². The predicted octanol–water partition coefficient (Wildman–Crippen LogP) is 3.48. The van der Waals surface area contributed by atoms with E-state index in [2.05, 4.69) is 12.2 Å². The van der Waals surface area contributed by atoms with Crippen molar-refractivity contribution in [2.24, 2.45) is 7.05 Å². The molecule has 0 aliphatic carbocycles. The Bertz CT molecular complexity index is 277. The van der Waals surface area contributed by atoms with Crippen LogP contribution in [0.2, 0.25) is 0 Å². The monoisotopic (exact) mass is 225 g/mol. The first-order valence-corrected chi connectivity index (χ1v) is 6.32. The number of hydrogen-bond acceptors (Lipinski definition) is 2. The molecule has 0 atom stereocenters. The zero-order valence-electron chi connectivity index (χ0n) is 10.5. The van der Waals surface area contributed by atoms with Gasteiger partial charge < -0.3 is 10.3 Å². The zero-order valence-corrected chi connectivity index (χ0v) is 10.5. The third-order valence-electron chi connectivity index (χ3n) is 2.92. The quantitative estimate of drug-likeness (QED) is 0.502. The summed E-state index contributed by atoms with van der Waals surface area (Å²) >= 11 is 0. The number of nitrogens with one attached hydrogen (secondary N) is 1. The Morgan fingerprint density at radius 2 is 1.75 bits per heavy atom. The van der Waals surface area contributed by atoms with Gasteiger partial charge >= 0.3 is 0 Å². The summed E-state index contributed by atoms with van der Waals surface area (Å²) in [6.45, 7) is 2.24. The fourth-order valence-corrected chi connectivity index (χ4v) is 1.88. The van der Waals surface area contributed by atoms with Crippen LogP contribution in [0.25, 0.3) is 5.73 Å². The number of aromatic nitrogens is 2. The highest BCUT2D eigenvalue weighted by molar-refractivity contribution is 5.30. The molecule has 1 heterocycles. The molecule has 0 aromatic carbocycles. The molecule has 0 aliphatic rings. The Balaban J connectivity index is 2.07. The van der Waals surface area contributed by atoms with E-state index in [1.807, 2.05) is 7.05 Å². The Kier molecular flexibility index (Phi) is 5.90. The van der Waals surface area contributed by atoms with E-state index in [9.17, 15) is 0 Å². The first-order valence-electron chi connectivity index (χ1n) is 6.32. The summed E-state index contributed by atoms with van der Waals surface area (Å²) in [6.07, 6.45) is 9.96. The second kappa shape index (κ2) is 7.25. The van der Waals surface area contributed by atoms with E-state index in [1.165, 1.54) is 38.5 Å². The van der Waals surface area contributed by atoms with Crippen molar-refractivity contribution in [3.8, 4) is 0 Å². The van der Waals surface area contributed by atoms with Crippen molar-refractivity contribution in [3.05, 3.63) is 11.4 Å². The number of aryl methyl sites for hydroxylation is 1. The van der Waals surface area contributed by atoms with Gasteiger partial charge in [-0.25, -0.2) is 0 Å². The van der Waals surface area contributed by atoms with Gasteiger partial charge in [0.15, 0.2) is 12.3 Å². The van der Waals surface area contributed by atoms with Gasteiger partial charge in [-0.3, -0.25) is 0 Å². The molecule has 0 amide bonds. The second-order valence-corrected chi connectivity index (χ2v) is 4.34. The predicted molar refractivity (Wildman–Crippen MR) is 63.4 cm³/mol. The molecule has 4 heteroatoms. The average molecular weight is 225 g/mol. The topological polar surface area (TPSA) is 53.7 Å². The molecule has 0 saturated heterocycles. The van der Waals surface area contributed by atoms with Crippen LogP contribution in [0.4, 0.5) is 5.88 Å². The molecular weight excluding hydrogens is 202 g/mol. The molecule has 4 nitrogen and oxygen atoms in total. The fourth-order valence-electron chi connectivity index (χ4n) is 1.88. The largest absolute Gasteiger partial charge is 0.660 e. The van der Waals surface area contributed by atoms with Crippen LogP contribution in [0.15, 0.2) is 4.52 Å². The third kappa shape index (κ3) is 4.21. The molecule has 1 aromatic rings. The Morgan fingerprint density at radius 1 is 1.12 bits per heavy atom. The summed E-state index contributed by atoms with van der Waals surface area (Å²) in [6, 6.07) is 0. The fraction of sp³-hybridized carbons (Fsp3) is 0.833. The molecule has 0 bridgehead atoms. The van der Waals surface area contributed by atoms with E-state index in [0.29, 0.717) is 0 Å². The smallest absolute Gasteiger partial charge is 0.234 e. The first-order chi connectivity index (χ1) is 7.75. The number of nitrogens with zero attached hydrogens (tertiary/aromatic N) is 2.